The van der Waals surface area contributed by atoms with Gasteiger partial charge in [0.25, 0.3) is 11.9 Å². The van der Waals surface area contributed by atoms with Gasteiger partial charge in [0.05, 0.1) is 37.4 Å². The summed E-state index contributed by atoms with van der Waals surface area (Å²) in [5.74, 6) is 2.20. The highest BCUT2D eigenvalue weighted by molar-refractivity contribution is 5.95. The van der Waals surface area contributed by atoms with Crippen molar-refractivity contribution in [2.24, 2.45) is 0 Å². The molecule has 1 saturated carbocycles. The summed E-state index contributed by atoms with van der Waals surface area (Å²) in [6.45, 7) is 6.46. The molecule has 34 heavy (non-hydrogen) atoms. The van der Waals surface area contributed by atoms with Crippen molar-refractivity contribution in [1.29, 1.82) is 0 Å². The van der Waals surface area contributed by atoms with Crippen LogP contribution < -0.4 is 9.47 Å². The van der Waals surface area contributed by atoms with Crippen LogP contribution in [0.4, 0.5) is 0 Å². The van der Waals surface area contributed by atoms with Crippen molar-refractivity contribution in [2.75, 3.05) is 46.9 Å². The molecule has 1 amide bonds. The van der Waals surface area contributed by atoms with Gasteiger partial charge in [-0.25, -0.2) is 14.6 Å². The van der Waals surface area contributed by atoms with Gasteiger partial charge < -0.3 is 19.3 Å². The largest absolute Gasteiger partial charge is 0.497 e. The van der Waals surface area contributed by atoms with Crippen molar-refractivity contribution in [1.82, 2.24) is 29.5 Å². The van der Waals surface area contributed by atoms with E-state index in [0.717, 1.165) is 56.8 Å². The average molecular weight is 463 g/mol. The molecular formula is C25H30N6O3. The number of piperazine rings is 1. The maximum atomic E-state index is 13.4. The summed E-state index contributed by atoms with van der Waals surface area (Å²) < 4.78 is 12.7. The number of benzene rings is 1. The molecule has 2 aliphatic rings. The fourth-order valence-electron chi connectivity index (χ4n) is 4.48. The topological polar surface area (TPSA) is 85.6 Å². The second-order valence-corrected chi connectivity index (χ2v) is 8.66. The van der Waals surface area contributed by atoms with E-state index in [2.05, 4.69) is 21.9 Å². The Morgan fingerprint density at radius 1 is 1.09 bits per heavy atom. The Bertz CT molecular complexity index is 1180. The Hall–Kier alpha value is -3.46. The molecule has 2 fully saturated rings. The number of carbonyl (C=O) groups excluding carboxylic acids is 1. The summed E-state index contributed by atoms with van der Waals surface area (Å²) in [6.07, 6.45) is 5.47. The predicted octanol–water partition coefficient (Wildman–Crippen LogP) is 3.00. The highest BCUT2D eigenvalue weighted by Gasteiger charge is 2.35. The summed E-state index contributed by atoms with van der Waals surface area (Å²) in [5.41, 5.74) is 3.08. The number of likely N-dealkylation sites (N-methyl/N-ethyl adjacent to an activating group) is 1. The fourth-order valence-corrected chi connectivity index (χ4v) is 4.48. The Morgan fingerprint density at radius 3 is 2.56 bits per heavy atom. The van der Waals surface area contributed by atoms with E-state index < -0.39 is 0 Å². The molecule has 178 valence electrons. The Morgan fingerprint density at radius 2 is 1.88 bits per heavy atom. The number of hydrogen-bond acceptors (Lipinski definition) is 7. The number of hydrogen-bond donors (Lipinski definition) is 0. The van der Waals surface area contributed by atoms with Gasteiger partial charge in [0.15, 0.2) is 0 Å². The standard InChI is InChI=1S/C25H30N6O3/c1-4-29-11-13-30(14-12-29)24(32)20-16-27-31(23(20)17-5-6-17)25-26-10-9-21(28-25)19-15-18(33-2)7-8-22(19)34-3/h7-10,15-17H,4-6,11-14H2,1-3H3. The number of methoxy groups -OCH3 is 2. The molecule has 1 saturated heterocycles. The zero-order chi connectivity index (χ0) is 23.7. The molecule has 2 aromatic heterocycles. The van der Waals surface area contributed by atoms with Gasteiger partial charge in [-0.05, 0) is 43.7 Å². The zero-order valence-electron chi connectivity index (χ0n) is 19.9. The fraction of sp³-hybridized carbons (Fsp3) is 0.440. The molecule has 9 nitrogen and oxygen atoms in total. The minimum Gasteiger partial charge on any atom is -0.497 e. The van der Waals surface area contributed by atoms with E-state index in [4.69, 9.17) is 14.5 Å². The second-order valence-electron chi connectivity index (χ2n) is 8.66. The van der Waals surface area contributed by atoms with Crippen LogP contribution in [-0.2, 0) is 0 Å². The lowest BCUT2D eigenvalue weighted by Crippen LogP contribution is -2.48. The molecule has 0 spiro atoms. The van der Waals surface area contributed by atoms with Crippen molar-refractivity contribution in [3.63, 3.8) is 0 Å². The molecule has 3 aromatic rings. The van der Waals surface area contributed by atoms with Gasteiger partial charge in [-0.15, -0.1) is 0 Å². The zero-order valence-corrected chi connectivity index (χ0v) is 19.9. The van der Waals surface area contributed by atoms with Crippen LogP contribution in [0.5, 0.6) is 11.5 Å². The number of carbonyl (C=O) groups is 1. The van der Waals surface area contributed by atoms with Crippen LogP contribution in [0.25, 0.3) is 17.2 Å². The molecule has 5 rings (SSSR count). The van der Waals surface area contributed by atoms with Crippen molar-refractivity contribution >= 4 is 5.91 Å². The Kier molecular flexibility index (Phi) is 6.19. The van der Waals surface area contributed by atoms with Gasteiger partial charge in [0, 0.05) is 43.9 Å². The lowest BCUT2D eigenvalue weighted by atomic mass is 10.1. The van der Waals surface area contributed by atoms with Crippen LogP contribution in [0.2, 0.25) is 0 Å². The minimum atomic E-state index is 0.0505. The highest BCUT2D eigenvalue weighted by atomic mass is 16.5. The van der Waals surface area contributed by atoms with Crippen molar-refractivity contribution in [3.8, 4) is 28.7 Å². The minimum absolute atomic E-state index is 0.0505. The second kappa shape index (κ2) is 9.42. The first-order valence-corrected chi connectivity index (χ1v) is 11.8. The molecule has 1 aromatic carbocycles. The summed E-state index contributed by atoms with van der Waals surface area (Å²) in [6, 6.07) is 7.43. The van der Waals surface area contributed by atoms with Crippen molar-refractivity contribution < 1.29 is 14.3 Å². The third-order valence-corrected chi connectivity index (χ3v) is 6.62. The van der Waals surface area contributed by atoms with Gasteiger partial charge >= 0.3 is 0 Å². The number of ether oxygens (including phenoxy) is 2. The first-order chi connectivity index (χ1) is 16.6. The van der Waals surface area contributed by atoms with E-state index in [9.17, 15) is 4.79 Å². The smallest absolute Gasteiger partial charge is 0.257 e. The number of aromatic nitrogens is 4. The summed E-state index contributed by atoms with van der Waals surface area (Å²) in [4.78, 5) is 27.0. The van der Waals surface area contributed by atoms with Crippen LogP contribution in [0.3, 0.4) is 0 Å². The normalized spacial score (nSPS) is 16.5. The lowest BCUT2D eigenvalue weighted by Gasteiger charge is -2.34. The van der Waals surface area contributed by atoms with Crippen molar-refractivity contribution in [2.45, 2.75) is 25.7 Å². The number of nitrogens with zero attached hydrogens (tertiary/aromatic N) is 6. The van der Waals surface area contributed by atoms with Gasteiger partial charge in [0.1, 0.15) is 11.5 Å². The van der Waals surface area contributed by atoms with E-state index in [1.807, 2.05) is 29.2 Å². The number of amides is 1. The first kappa shape index (κ1) is 22.3. The van der Waals surface area contributed by atoms with E-state index in [1.54, 1.807) is 31.3 Å². The van der Waals surface area contributed by atoms with E-state index in [-0.39, 0.29) is 5.91 Å². The molecular weight excluding hydrogens is 432 g/mol. The van der Waals surface area contributed by atoms with Crippen LogP contribution in [-0.4, -0.2) is 82.4 Å². The monoisotopic (exact) mass is 462 g/mol. The summed E-state index contributed by atoms with van der Waals surface area (Å²) in [7, 11) is 3.26. The Labute approximate surface area is 199 Å². The number of rotatable bonds is 7. The molecule has 0 bridgehead atoms. The summed E-state index contributed by atoms with van der Waals surface area (Å²) in [5, 5.41) is 4.58. The third kappa shape index (κ3) is 4.23. The molecule has 0 atom stereocenters. The molecule has 1 aliphatic carbocycles. The van der Waals surface area contributed by atoms with Crippen LogP contribution in [0, 0.1) is 0 Å². The van der Waals surface area contributed by atoms with Gasteiger partial charge in [-0.3, -0.25) is 4.79 Å². The van der Waals surface area contributed by atoms with Crippen LogP contribution in [0.15, 0.2) is 36.7 Å². The SMILES string of the molecule is CCN1CCN(C(=O)c2cnn(-c3nccc(-c4cc(OC)ccc4OC)n3)c2C2CC2)CC1. The van der Waals surface area contributed by atoms with Gasteiger partial charge in [-0.1, -0.05) is 6.92 Å². The lowest BCUT2D eigenvalue weighted by molar-refractivity contribution is 0.0642. The molecule has 3 heterocycles. The molecule has 0 unspecified atom stereocenters. The third-order valence-electron chi connectivity index (χ3n) is 6.62. The van der Waals surface area contributed by atoms with Crippen LogP contribution >= 0.6 is 0 Å². The van der Waals surface area contributed by atoms with Gasteiger partial charge in [-0.2, -0.15) is 5.10 Å². The van der Waals surface area contributed by atoms with Gasteiger partial charge in [0.2, 0.25) is 0 Å². The molecule has 0 radical (unpaired) electrons. The highest BCUT2D eigenvalue weighted by Crippen LogP contribution is 2.42. The maximum Gasteiger partial charge on any atom is 0.257 e. The first-order valence-electron chi connectivity index (χ1n) is 11.8. The van der Waals surface area contributed by atoms with Crippen LogP contribution in [0.1, 0.15) is 41.7 Å². The van der Waals surface area contributed by atoms with E-state index in [0.29, 0.717) is 34.6 Å². The average Bonchev–Trinajstić information content (AvgIpc) is 3.65. The summed E-state index contributed by atoms with van der Waals surface area (Å²) >= 11 is 0. The molecule has 1 aliphatic heterocycles. The predicted molar refractivity (Wildman–Crippen MR) is 128 cm³/mol. The van der Waals surface area contributed by atoms with E-state index in [1.165, 1.54) is 0 Å². The molecule has 9 heteroatoms. The quantitative estimate of drug-likeness (QED) is 0.534. The maximum absolute atomic E-state index is 13.4. The van der Waals surface area contributed by atoms with E-state index >= 15 is 0 Å². The Balaban J connectivity index is 1.49. The molecule has 0 N–H and O–H groups in total. The van der Waals surface area contributed by atoms with Crippen molar-refractivity contribution in [3.05, 3.63) is 47.9 Å².